The quantitative estimate of drug-likeness (QED) is 0.661. The van der Waals surface area contributed by atoms with Gasteiger partial charge in [-0.1, -0.05) is 18.5 Å². The number of fused-ring (bicyclic) bond motifs is 1. The lowest BCUT2D eigenvalue weighted by Gasteiger charge is -2.04. The van der Waals surface area contributed by atoms with Crippen molar-refractivity contribution in [2.75, 3.05) is 0 Å². The van der Waals surface area contributed by atoms with Crippen molar-refractivity contribution in [3.63, 3.8) is 0 Å². The molecule has 0 atom stereocenters. The van der Waals surface area contributed by atoms with E-state index in [0.29, 0.717) is 22.1 Å². The largest absolute Gasteiger partial charge is 0.286 e. The number of thiophene rings is 1. The minimum atomic E-state index is -0.312. The van der Waals surface area contributed by atoms with E-state index in [-0.39, 0.29) is 11.6 Å². The van der Waals surface area contributed by atoms with Crippen LogP contribution >= 0.6 is 22.9 Å². The third-order valence-corrected chi connectivity index (χ3v) is 4.54. The van der Waals surface area contributed by atoms with Crippen LogP contribution in [0, 0.1) is 5.82 Å². The molecule has 0 unspecified atom stereocenters. The molecule has 0 saturated heterocycles. The van der Waals surface area contributed by atoms with Crippen LogP contribution in [0.5, 0.6) is 0 Å². The fourth-order valence-electron chi connectivity index (χ4n) is 2.21. The Morgan fingerprint density at radius 1 is 1.43 bits per heavy atom. The second-order valence-electron chi connectivity index (χ2n) is 4.69. The van der Waals surface area contributed by atoms with Crippen molar-refractivity contribution in [2.24, 2.45) is 0 Å². The molecule has 0 N–H and O–H groups in total. The molecule has 3 rings (SSSR count). The third-order valence-electron chi connectivity index (χ3n) is 3.15. The molecule has 1 aromatic carbocycles. The number of halogens is 2. The van der Waals surface area contributed by atoms with Gasteiger partial charge in [-0.15, -0.1) is 11.3 Å². The number of ketones is 1. The zero-order chi connectivity index (χ0) is 15.0. The molecule has 0 spiro atoms. The third kappa shape index (κ3) is 2.59. The highest BCUT2D eigenvalue weighted by Gasteiger charge is 2.21. The molecule has 3 nitrogen and oxygen atoms in total. The van der Waals surface area contributed by atoms with Gasteiger partial charge in [0.25, 0.3) is 0 Å². The Hall–Kier alpha value is -1.72. The summed E-state index contributed by atoms with van der Waals surface area (Å²) < 4.78 is 15.7. The second-order valence-corrected chi connectivity index (χ2v) is 6.18. The summed E-state index contributed by atoms with van der Waals surface area (Å²) in [6.45, 7) is 2.64. The molecule has 0 amide bonds. The van der Waals surface area contributed by atoms with E-state index in [1.54, 1.807) is 16.8 Å². The first-order chi connectivity index (χ1) is 10.1. The number of hydrogen-bond donors (Lipinski definition) is 0. The molecule has 2 aromatic heterocycles. The van der Waals surface area contributed by atoms with Crippen molar-refractivity contribution in [3.05, 3.63) is 51.9 Å². The maximum Gasteiger partial charge on any atom is 0.222 e. The van der Waals surface area contributed by atoms with E-state index in [1.807, 2.05) is 6.92 Å². The van der Waals surface area contributed by atoms with Crippen molar-refractivity contribution in [1.82, 2.24) is 9.78 Å². The van der Waals surface area contributed by atoms with Gasteiger partial charge in [0.1, 0.15) is 11.5 Å². The summed E-state index contributed by atoms with van der Waals surface area (Å²) in [7, 11) is 0. The van der Waals surface area contributed by atoms with Gasteiger partial charge in [0, 0.05) is 11.2 Å². The predicted molar refractivity (Wildman–Crippen MR) is 82.7 cm³/mol. The Balaban J connectivity index is 2.06. The van der Waals surface area contributed by atoms with Gasteiger partial charge in [0.15, 0.2) is 0 Å². The molecular formula is C15H12ClFN2OS. The van der Waals surface area contributed by atoms with Crippen molar-refractivity contribution >= 4 is 38.8 Å². The van der Waals surface area contributed by atoms with E-state index in [1.165, 1.54) is 29.7 Å². The van der Waals surface area contributed by atoms with Gasteiger partial charge < -0.3 is 0 Å². The van der Waals surface area contributed by atoms with Crippen LogP contribution in [-0.4, -0.2) is 15.6 Å². The number of aryl methyl sites for hydroxylation is 1. The van der Waals surface area contributed by atoms with Crippen LogP contribution in [0.1, 0.15) is 28.7 Å². The lowest BCUT2D eigenvalue weighted by molar-refractivity contribution is 0.103. The highest BCUT2D eigenvalue weighted by Crippen LogP contribution is 2.29. The number of benzene rings is 1. The smallest absolute Gasteiger partial charge is 0.222 e. The summed E-state index contributed by atoms with van der Waals surface area (Å²) in [5.74, 6) is -0.485. The molecule has 2 heterocycles. The number of rotatable bonds is 4. The molecule has 21 heavy (non-hydrogen) atoms. The van der Waals surface area contributed by atoms with Crippen molar-refractivity contribution in [2.45, 2.75) is 19.9 Å². The highest BCUT2D eigenvalue weighted by molar-refractivity contribution is 7.21. The van der Waals surface area contributed by atoms with E-state index >= 15 is 0 Å². The Kier molecular flexibility index (Phi) is 3.78. The summed E-state index contributed by atoms with van der Waals surface area (Å²) in [4.78, 5) is 13.2. The highest BCUT2D eigenvalue weighted by atomic mass is 35.5. The molecule has 0 bridgehead atoms. The van der Waals surface area contributed by atoms with Crippen LogP contribution in [0.2, 0.25) is 5.02 Å². The first-order valence-corrected chi connectivity index (χ1v) is 7.74. The zero-order valence-electron chi connectivity index (χ0n) is 11.3. The predicted octanol–water partition coefficient (Wildman–Crippen LogP) is 4.53. The minimum absolute atomic E-state index is 0.174. The van der Waals surface area contributed by atoms with Crippen LogP contribution in [0.15, 0.2) is 30.5 Å². The molecule has 0 fully saturated rings. The second kappa shape index (κ2) is 5.58. The standard InChI is InChI=1S/C15H12ClFN2OS/c1-2-5-19-14(11(16)8-18-19)15(20)13-7-9-6-10(17)3-4-12(9)21-13/h3-4,6-8H,2,5H2,1H3. The molecule has 0 aliphatic rings. The zero-order valence-corrected chi connectivity index (χ0v) is 12.8. The summed E-state index contributed by atoms with van der Waals surface area (Å²) in [5, 5.41) is 5.20. The average Bonchev–Trinajstić information content (AvgIpc) is 3.02. The molecule has 0 aliphatic heterocycles. The Labute approximate surface area is 130 Å². The number of nitrogens with zero attached hydrogens (tertiary/aromatic N) is 2. The lowest BCUT2D eigenvalue weighted by atomic mass is 10.2. The lowest BCUT2D eigenvalue weighted by Crippen LogP contribution is -2.10. The monoisotopic (exact) mass is 322 g/mol. The van der Waals surface area contributed by atoms with Crippen LogP contribution in [-0.2, 0) is 6.54 Å². The summed E-state index contributed by atoms with van der Waals surface area (Å²) in [6, 6.07) is 6.19. The van der Waals surface area contributed by atoms with Gasteiger partial charge in [-0.05, 0) is 36.1 Å². The normalized spacial score (nSPS) is 11.2. The molecule has 6 heteroatoms. The van der Waals surface area contributed by atoms with E-state index in [2.05, 4.69) is 5.10 Å². The van der Waals surface area contributed by atoms with Crippen LogP contribution in [0.3, 0.4) is 0 Å². The van der Waals surface area contributed by atoms with E-state index in [4.69, 9.17) is 11.6 Å². The SMILES string of the molecule is CCCn1ncc(Cl)c1C(=O)c1cc2cc(F)ccc2s1. The molecule has 0 radical (unpaired) electrons. The van der Waals surface area contributed by atoms with Gasteiger partial charge in [-0.3, -0.25) is 9.48 Å². The fourth-order valence-corrected chi connectivity index (χ4v) is 3.42. The summed E-state index contributed by atoms with van der Waals surface area (Å²) in [6.07, 6.45) is 2.34. The summed E-state index contributed by atoms with van der Waals surface area (Å²) in [5.41, 5.74) is 0.394. The van der Waals surface area contributed by atoms with Crippen molar-refractivity contribution in [3.8, 4) is 0 Å². The van der Waals surface area contributed by atoms with Gasteiger partial charge in [-0.2, -0.15) is 5.10 Å². The van der Waals surface area contributed by atoms with E-state index in [9.17, 15) is 9.18 Å². The Morgan fingerprint density at radius 2 is 2.24 bits per heavy atom. The molecule has 108 valence electrons. The summed E-state index contributed by atoms with van der Waals surface area (Å²) >= 11 is 7.42. The van der Waals surface area contributed by atoms with E-state index in [0.717, 1.165) is 16.5 Å². The van der Waals surface area contributed by atoms with E-state index < -0.39 is 0 Å². The van der Waals surface area contributed by atoms with Crippen LogP contribution < -0.4 is 0 Å². The van der Waals surface area contributed by atoms with Gasteiger partial charge in [0.05, 0.1) is 16.1 Å². The molecule has 3 aromatic rings. The maximum absolute atomic E-state index is 13.2. The number of aromatic nitrogens is 2. The maximum atomic E-state index is 13.2. The first kappa shape index (κ1) is 14.2. The molecule has 0 saturated carbocycles. The van der Waals surface area contributed by atoms with Crippen LogP contribution in [0.25, 0.3) is 10.1 Å². The number of hydrogen-bond acceptors (Lipinski definition) is 3. The van der Waals surface area contributed by atoms with Crippen LogP contribution in [0.4, 0.5) is 4.39 Å². The molecular weight excluding hydrogens is 311 g/mol. The Bertz CT molecular complexity index is 824. The van der Waals surface area contributed by atoms with Gasteiger partial charge in [0.2, 0.25) is 5.78 Å². The fraction of sp³-hybridized carbons (Fsp3) is 0.200. The van der Waals surface area contributed by atoms with Gasteiger partial charge >= 0.3 is 0 Å². The minimum Gasteiger partial charge on any atom is -0.286 e. The van der Waals surface area contributed by atoms with Gasteiger partial charge in [-0.25, -0.2) is 4.39 Å². The first-order valence-electron chi connectivity index (χ1n) is 6.55. The number of carbonyl (C=O) groups excluding carboxylic acids is 1. The number of carbonyl (C=O) groups is 1. The Morgan fingerprint density at radius 3 is 3.00 bits per heavy atom. The average molecular weight is 323 g/mol. The molecule has 0 aliphatic carbocycles. The topological polar surface area (TPSA) is 34.9 Å². The van der Waals surface area contributed by atoms with Crippen molar-refractivity contribution < 1.29 is 9.18 Å². The van der Waals surface area contributed by atoms with Crippen molar-refractivity contribution in [1.29, 1.82) is 0 Å².